The van der Waals surface area contributed by atoms with E-state index in [1.54, 1.807) is 0 Å². The van der Waals surface area contributed by atoms with Gasteiger partial charge in [0.15, 0.2) is 0 Å². The molecule has 1 aromatic heterocycles. The first-order valence-corrected chi connectivity index (χ1v) is 9.33. The van der Waals surface area contributed by atoms with E-state index >= 15 is 0 Å². The second-order valence-electron chi connectivity index (χ2n) is 6.77. The predicted molar refractivity (Wildman–Crippen MR) is 90.9 cm³/mol. The molecular formula is C17H27N3OS. The molecule has 0 bridgehead atoms. The molecule has 0 radical (unpaired) electrons. The fraction of sp³-hybridized carbons (Fsp3) is 0.706. The molecule has 2 atom stereocenters. The average molecular weight is 321 g/mol. The third-order valence-electron chi connectivity index (χ3n) is 5.06. The average Bonchev–Trinajstić information content (AvgIpc) is 2.96. The van der Waals surface area contributed by atoms with Crippen molar-refractivity contribution in [1.29, 1.82) is 0 Å². The Morgan fingerprint density at radius 2 is 2.41 bits per heavy atom. The van der Waals surface area contributed by atoms with Crippen molar-refractivity contribution in [3.05, 3.63) is 22.4 Å². The quantitative estimate of drug-likeness (QED) is 0.841. The first kappa shape index (κ1) is 16.0. The zero-order valence-corrected chi connectivity index (χ0v) is 14.2. The minimum absolute atomic E-state index is 0.145. The van der Waals surface area contributed by atoms with Crippen LogP contribution in [0.15, 0.2) is 17.5 Å². The van der Waals surface area contributed by atoms with Crippen LogP contribution in [0.25, 0.3) is 0 Å². The minimum atomic E-state index is 0.145. The number of nitrogens with zero attached hydrogens (tertiary/aromatic N) is 1. The lowest BCUT2D eigenvalue weighted by atomic mass is 9.88. The van der Waals surface area contributed by atoms with E-state index in [-0.39, 0.29) is 11.8 Å². The highest BCUT2D eigenvalue weighted by Gasteiger charge is 2.29. The van der Waals surface area contributed by atoms with Crippen molar-refractivity contribution in [1.82, 2.24) is 15.5 Å². The Morgan fingerprint density at radius 1 is 1.55 bits per heavy atom. The lowest BCUT2D eigenvalue weighted by Crippen LogP contribution is -2.50. The van der Waals surface area contributed by atoms with Gasteiger partial charge < -0.3 is 10.6 Å². The molecule has 2 unspecified atom stereocenters. The molecule has 0 aliphatic carbocycles. The van der Waals surface area contributed by atoms with Gasteiger partial charge in [-0.15, -0.1) is 11.3 Å². The summed E-state index contributed by atoms with van der Waals surface area (Å²) in [5, 5.41) is 8.58. The third-order valence-corrected chi connectivity index (χ3v) is 5.92. The SMILES string of the molecule is CC(C(=O)NCC1CCCN(Cc2cccs2)C1)C1CNC1. The Morgan fingerprint density at radius 3 is 3.09 bits per heavy atom. The second kappa shape index (κ2) is 7.57. The molecule has 3 heterocycles. The van der Waals surface area contributed by atoms with Gasteiger partial charge in [-0.1, -0.05) is 13.0 Å². The van der Waals surface area contributed by atoms with Gasteiger partial charge in [0.1, 0.15) is 0 Å². The van der Waals surface area contributed by atoms with Crippen LogP contribution in [0.5, 0.6) is 0 Å². The van der Waals surface area contributed by atoms with Crippen LogP contribution >= 0.6 is 11.3 Å². The molecule has 22 heavy (non-hydrogen) atoms. The van der Waals surface area contributed by atoms with Crippen molar-refractivity contribution in [2.45, 2.75) is 26.3 Å². The number of thiophene rings is 1. The van der Waals surface area contributed by atoms with Gasteiger partial charge in [0.2, 0.25) is 5.91 Å². The molecule has 1 aromatic rings. The predicted octanol–water partition coefficient (Wildman–Crippen LogP) is 1.93. The summed E-state index contributed by atoms with van der Waals surface area (Å²) in [5.74, 6) is 1.51. The summed E-state index contributed by atoms with van der Waals surface area (Å²) in [7, 11) is 0. The van der Waals surface area contributed by atoms with Gasteiger partial charge in [0.05, 0.1) is 0 Å². The number of hydrogen-bond acceptors (Lipinski definition) is 4. The maximum Gasteiger partial charge on any atom is 0.223 e. The lowest BCUT2D eigenvalue weighted by molar-refractivity contribution is -0.127. The van der Waals surface area contributed by atoms with Gasteiger partial charge in [-0.25, -0.2) is 0 Å². The normalized spacial score (nSPS) is 24.7. The largest absolute Gasteiger partial charge is 0.356 e. The van der Waals surface area contributed by atoms with Crippen LogP contribution in [0, 0.1) is 17.8 Å². The van der Waals surface area contributed by atoms with E-state index in [0.717, 1.165) is 32.7 Å². The summed E-state index contributed by atoms with van der Waals surface area (Å²) in [4.78, 5) is 16.2. The lowest BCUT2D eigenvalue weighted by Gasteiger charge is -2.34. The number of piperidine rings is 1. The maximum absolute atomic E-state index is 12.2. The number of carbonyl (C=O) groups is 1. The third kappa shape index (κ3) is 4.09. The highest BCUT2D eigenvalue weighted by Crippen LogP contribution is 2.20. The molecule has 2 fully saturated rings. The smallest absolute Gasteiger partial charge is 0.223 e. The van der Waals surface area contributed by atoms with Gasteiger partial charge >= 0.3 is 0 Å². The molecular weight excluding hydrogens is 294 g/mol. The molecule has 0 spiro atoms. The van der Waals surface area contributed by atoms with Gasteiger partial charge in [-0.2, -0.15) is 0 Å². The first-order valence-electron chi connectivity index (χ1n) is 8.45. The summed E-state index contributed by atoms with van der Waals surface area (Å²) in [5.41, 5.74) is 0. The van der Waals surface area contributed by atoms with E-state index in [0.29, 0.717) is 11.8 Å². The Hall–Kier alpha value is -0.910. The van der Waals surface area contributed by atoms with E-state index in [1.807, 2.05) is 11.3 Å². The Bertz CT molecular complexity index is 472. The van der Waals surface area contributed by atoms with E-state index < -0.39 is 0 Å². The zero-order valence-electron chi connectivity index (χ0n) is 13.4. The second-order valence-corrected chi connectivity index (χ2v) is 7.81. The van der Waals surface area contributed by atoms with E-state index in [1.165, 1.54) is 24.3 Å². The Kier molecular flexibility index (Phi) is 5.50. The summed E-state index contributed by atoms with van der Waals surface area (Å²) >= 11 is 1.83. The van der Waals surface area contributed by atoms with E-state index in [9.17, 15) is 4.79 Å². The monoisotopic (exact) mass is 321 g/mol. The first-order chi connectivity index (χ1) is 10.7. The number of carbonyl (C=O) groups excluding carboxylic acids is 1. The van der Waals surface area contributed by atoms with Crippen LogP contribution < -0.4 is 10.6 Å². The van der Waals surface area contributed by atoms with Gasteiger partial charge in [-0.05, 0) is 55.8 Å². The molecule has 0 aromatic carbocycles. The highest BCUT2D eigenvalue weighted by atomic mass is 32.1. The number of nitrogens with one attached hydrogen (secondary N) is 2. The number of hydrogen-bond donors (Lipinski definition) is 2. The van der Waals surface area contributed by atoms with Crippen LogP contribution in [0.1, 0.15) is 24.6 Å². The number of likely N-dealkylation sites (tertiary alicyclic amines) is 1. The van der Waals surface area contributed by atoms with Crippen molar-refractivity contribution in [3.8, 4) is 0 Å². The number of amides is 1. The summed E-state index contributed by atoms with van der Waals surface area (Å²) in [6, 6.07) is 4.34. The zero-order chi connectivity index (χ0) is 15.4. The summed E-state index contributed by atoms with van der Waals surface area (Å²) in [6.07, 6.45) is 2.48. The fourth-order valence-corrected chi connectivity index (χ4v) is 4.12. The van der Waals surface area contributed by atoms with Crippen molar-refractivity contribution in [2.75, 3.05) is 32.7 Å². The molecule has 4 nitrogen and oxygen atoms in total. The maximum atomic E-state index is 12.2. The summed E-state index contributed by atoms with van der Waals surface area (Å²) < 4.78 is 0. The van der Waals surface area contributed by atoms with Crippen LogP contribution in [-0.2, 0) is 11.3 Å². The van der Waals surface area contributed by atoms with Crippen molar-refractivity contribution >= 4 is 17.2 Å². The van der Waals surface area contributed by atoms with Gasteiger partial charge in [0.25, 0.3) is 0 Å². The van der Waals surface area contributed by atoms with Crippen LogP contribution in [0.4, 0.5) is 0 Å². The van der Waals surface area contributed by atoms with E-state index in [2.05, 4.69) is 40.0 Å². The van der Waals surface area contributed by atoms with Crippen LogP contribution in [0.3, 0.4) is 0 Å². The van der Waals surface area contributed by atoms with E-state index in [4.69, 9.17) is 0 Å². The molecule has 2 aliphatic rings. The van der Waals surface area contributed by atoms with Crippen LogP contribution in [0.2, 0.25) is 0 Å². The van der Waals surface area contributed by atoms with Crippen molar-refractivity contribution in [3.63, 3.8) is 0 Å². The molecule has 5 heteroatoms. The molecule has 3 rings (SSSR count). The molecule has 122 valence electrons. The Labute approximate surface area is 137 Å². The Balaban J connectivity index is 1.41. The van der Waals surface area contributed by atoms with Crippen molar-refractivity contribution < 1.29 is 4.79 Å². The molecule has 2 aliphatic heterocycles. The number of rotatable bonds is 6. The molecule has 2 N–H and O–H groups in total. The van der Waals surface area contributed by atoms with Crippen LogP contribution in [-0.4, -0.2) is 43.5 Å². The van der Waals surface area contributed by atoms with Crippen molar-refractivity contribution in [2.24, 2.45) is 17.8 Å². The van der Waals surface area contributed by atoms with Gasteiger partial charge in [0, 0.05) is 30.4 Å². The molecule has 2 saturated heterocycles. The molecule has 1 amide bonds. The highest BCUT2D eigenvalue weighted by molar-refractivity contribution is 7.09. The summed E-state index contributed by atoms with van der Waals surface area (Å²) in [6.45, 7) is 8.24. The molecule has 0 saturated carbocycles. The fourth-order valence-electron chi connectivity index (χ4n) is 3.37. The topological polar surface area (TPSA) is 44.4 Å². The minimum Gasteiger partial charge on any atom is -0.356 e. The standard InChI is InChI=1S/C17H27N3OS/c1-13(15-9-18-10-15)17(21)19-8-14-4-2-6-20(11-14)12-16-5-3-7-22-16/h3,5,7,13-15,18H,2,4,6,8-12H2,1H3,(H,19,21). The van der Waals surface area contributed by atoms with Gasteiger partial charge in [-0.3, -0.25) is 9.69 Å².